The third-order valence-electron chi connectivity index (χ3n) is 3.79. The van der Waals surface area contributed by atoms with E-state index < -0.39 is 5.97 Å². The monoisotopic (exact) mass is 282 g/mol. The number of aliphatic carboxylic acids is 1. The summed E-state index contributed by atoms with van der Waals surface area (Å²) in [6.45, 7) is 4.08. The minimum Gasteiger partial charge on any atom is -0.481 e. The number of rotatable bonds is 6. The van der Waals surface area contributed by atoms with Crippen molar-refractivity contribution >= 4 is 5.97 Å². The second-order valence-electron chi connectivity index (χ2n) is 5.80. The first kappa shape index (κ1) is 15.3. The molecule has 0 aliphatic carbocycles. The van der Waals surface area contributed by atoms with Crippen LogP contribution in [0.3, 0.4) is 0 Å². The van der Waals surface area contributed by atoms with Crippen molar-refractivity contribution in [3.8, 4) is 11.1 Å². The van der Waals surface area contributed by atoms with E-state index in [9.17, 15) is 4.79 Å². The van der Waals surface area contributed by atoms with Crippen molar-refractivity contribution in [1.82, 2.24) is 0 Å². The Morgan fingerprint density at radius 2 is 1.52 bits per heavy atom. The van der Waals surface area contributed by atoms with Crippen LogP contribution in [-0.4, -0.2) is 11.1 Å². The SMILES string of the molecule is Cc1ccc(-c2ccc(CCC(C)CC(=O)O)cc2)cc1. The minimum absolute atomic E-state index is 0.222. The lowest BCUT2D eigenvalue weighted by atomic mass is 9.96. The van der Waals surface area contributed by atoms with E-state index in [-0.39, 0.29) is 12.3 Å². The number of benzene rings is 2. The molecule has 0 aliphatic heterocycles. The first-order valence-electron chi connectivity index (χ1n) is 7.42. The van der Waals surface area contributed by atoms with Crippen LogP contribution in [0.25, 0.3) is 11.1 Å². The van der Waals surface area contributed by atoms with Gasteiger partial charge in [0.1, 0.15) is 0 Å². The number of aryl methyl sites for hydroxylation is 2. The molecule has 1 atom stereocenters. The summed E-state index contributed by atoms with van der Waals surface area (Å²) in [5.74, 6) is -0.489. The van der Waals surface area contributed by atoms with E-state index in [1.807, 2.05) is 6.92 Å². The predicted molar refractivity (Wildman–Crippen MR) is 86.4 cm³/mol. The Labute approximate surface area is 126 Å². The molecule has 0 saturated carbocycles. The third-order valence-corrected chi connectivity index (χ3v) is 3.79. The second kappa shape index (κ2) is 7.07. The maximum absolute atomic E-state index is 10.6. The number of carboxylic acids is 1. The summed E-state index contributed by atoms with van der Waals surface area (Å²) in [5, 5.41) is 8.76. The van der Waals surface area contributed by atoms with Crippen molar-refractivity contribution in [3.63, 3.8) is 0 Å². The predicted octanol–water partition coefficient (Wildman–Crippen LogP) is 4.71. The van der Waals surface area contributed by atoms with Crippen molar-refractivity contribution in [3.05, 3.63) is 59.7 Å². The topological polar surface area (TPSA) is 37.3 Å². The quantitative estimate of drug-likeness (QED) is 0.833. The number of carbonyl (C=O) groups is 1. The van der Waals surface area contributed by atoms with Crippen molar-refractivity contribution < 1.29 is 9.90 Å². The van der Waals surface area contributed by atoms with E-state index in [0.29, 0.717) is 0 Å². The van der Waals surface area contributed by atoms with Crippen LogP contribution in [0.2, 0.25) is 0 Å². The molecule has 0 bridgehead atoms. The molecule has 0 spiro atoms. The molecular formula is C19H22O2. The standard InChI is InChI=1S/C19H22O2/c1-14-4-9-17(10-5-14)18-11-7-16(8-12-18)6-3-15(2)13-19(20)21/h4-5,7-12,15H,3,6,13H2,1-2H3,(H,20,21). The summed E-state index contributed by atoms with van der Waals surface area (Å²) in [6, 6.07) is 17.1. The van der Waals surface area contributed by atoms with Crippen LogP contribution in [0.4, 0.5) is 0 Å². The van der Waals surface area contributed by atoms with Crippen LogP contribution in [0.1, 0.15) is 30.9 Å². The van der Waals surface area contributed by atoms with Gasteiger partial charge in [-0.25, -0.2) is 0 Å². The zero-order valence-corrected chi connectivity index (χ0v) is 12.7. The van der Waals surface area contributed by atoms with Gasteiger partial charge in [0.15, 0.2) is 0 Å². The molecule has 2 aromatic carbocycles. The molecule has 0 saturated heterocycles. The fraction of sp³-hybridized carbons (Fsp3) is 0.316. The van der Waals surface area contributed by atoms with Crippen molar-refractivity contribution in [2.75, 3.05) is 0 Å². The molecule has 0 aliphatic rings. The summed E-state index contributed by atoms with van der Waals surface area (Å²) < 4.78 is 0. The molecule has 2 aromatic rings. The molecule has 1 N–H and O–H groups in total. The van der Waals surface area contributed by atoms with E-state index in [2.05, 4.69) is 55.5 Å². The molecule has 2 nitrogen and oxygen atoms in total. The van der Waals surface area contributed by atoms with Crippen molar-refractivity contribution in [1.29, 1.82) is 0 Å². The lowest BCUT2D eigenvalue weighted by Gasteiger charge is -2.09. The first-order valence-corrected chi connectivity index (χ1v) is 7.42. The Balaban J connectivity index is 1.96. The average molecular weight is 282 g/mol. The Morgan fingerprint density at radius 3 is 2.05 bits per heavy atom. The number of hydrogen-bond donors (Lipinski definition) is 1. The van der Waals surface area contributed by atoms with Crippen molar-refractivity contribution in [2.45, 2.75) is 33.1 Å². The zero-order chi connectivity index (χ0) is 15.2. The molecule has 0 aromatic heterocycles. The van der Waals surface area contributed by atoms with Gasteiger partial charge in [-0.15, -0.1) is 0 Å². The summed E-state index contributed by atoms with van der Waals surface area (Å²) in [5.41, 5.74) is 4.98. The van der Waals surface area contributed by atoms with Gasteiger partial charge in [-0.1, -0.05) is 61.0 Å². The highest BCUT2D eigenvalue weighted by molar-refractivity contribution is 5.67. The zero-order valence-electron chi connectivity index (χ0n) is 12.7. The van der Waals surface area contributed by atoms with Gasteiger partial charge in [-0.2, -0.15) is 0 Å². The van der Waals surface area contributed by atoms with E-state index >= 15 is 0 Å². The van der Waals surface area contributed by atoms with Gasteiger partial charge in [-0.05, 0) is 42.4 Å². The maximum atomic E-state index is 10.6. The molecule has 2 rings (SSSR count). The maximum Gasteiger partial charge on any atom is 0.303 e. The molecule has 110 valence electrons. The van der Waals surface area contributed by atoms with E-state index in [0.717, 1.165) is 12.8 Å². The number of hydrogen-bond acceptors (Lipinski definition) is 1. The molecule has 0 fully saturated rings. The van der Waals surface area contributed by atoms with Gasteiger partial charge >= 0.3 is 5.97 Å². The molecule has 0 heterocycles. The highest BCUT2D eigenvalue weighted by Gasteiger charge is 2.07. The Bertz CT molecular complexity index is 582. The van der Waals surface area contributed by atoms with Gasteiger partial charge < -0.3 is 5.11 Å². The Hall–Kier alpha value is -2.09. The van der Waals surface area contributed by atoms with Crippen LogP contribution in [0.5, 0.6) is 0 Å². The summed E-state index contributed by atoms with van der Waals surface area (Å²) in [4.78, 5) is 10.6. The second-order valence-corrected chi connectivity index (χ2v) is 5.80. The average Bonchev–Trinajstić information content (AvgIpc) is 2.46. The lowest BCUT2D eigenvalue weighted by Crippen LogP contribution is -2.05. The van der Waals surface area contributed by atoms with E-state index in [4.69, 9.17) is 5.11 Å². The van der Waals surface area contributed by atoms with Gasteiger partial charge in [-0.3, -0.25) is 4.79 Å². The van der Waals surface area contributed by atoms with Crippen LogP contribution in [0.15, 0.2) is 48.5 Å². The normalized spacial score (nSPS) is 12.1. The highest BCUT2D eigenvalue weighted by Crippen LogP contribution is 2.21. The largest absolute Gasteiger partial charge is 0.481 e. The summed E-state index contributed by atoms with van der Waals surface area (Å²) in [6.07, 6.45) is 2.10. The van der Waals surface area contributed by atoms with Crippen LogP contribution in [0, 0.1) is 12.8 Å². The fourth-order valence-corrected chi connectivity index (χ4v) is 2.42. The molecule has 0 amide bonds. The number of carboxylic acid groups (broad SMARTS) is 1. The summed E-state index contributed by atoms with van der Waals surface area (Å²) in [7, 11) is 0. The minimum atomic E-state index is -0.711. The van der Waals surface area contributed by atoms with Crippen molar-refractivity contribution in [2.24, 2.45) is 5.92 Å². The van der Waals surface area contributed by atoms with Gasteiger partial charge in [0.2, 0.25) is 0 Å². The molecule has 2 heteroatoms. The van der Waals surface area contributed by atoms with Gasteiger partial charge in [0, 0.05) is 6.42 Å². The van der Waals surface area contributed by atoms with E-state index in [1.54, 1.807) is 0 Å². The van der Waals surface area contributed by atoms with Gasteiger partial charge in [0.25, 0.3) is 0 Å². The van der Waals surface area contributed by atoms with Crippen LogP contribution in [-0.2, 0) is 11.2 Å². The third kappa shape index (κ3) is 4.75. The van der Waals surface area contributed by atoms with Crippen LogP contribution < -0.4 is 0 Å². The lowest BCUT2D eigenvalue weighted by molar-refractivity contribution is -0.138. The highest BCUT2D eigenvalue weighted by atomic mass is 16.4. The molecule has 1 unspecified atom stereocenters. The Kier molecular flexibility index (Phi) is 5.15. The Morgan fingerprint density at radius 1 is 1.00 bits per heavy atom. The smallest absolute Gasteiger partial charge is 0.303 e. The summed E-state index contributed by atoms with van der Waals surface area (Å²) >= 11 is 0. The first-order chi connectivity index (χ1) is 10.0. The molecule has 0 radical (unpaired) electrons. The van der Waals surface area contributed by atoms with E-state index in [1.165, 1.54) is 22.3 Å². The molecular weight excluding hydrogens is 260 g/mol. The van der Waals surface area contributed by atoms with Gasteiger partial charge in [0.05, 0.1) is 0 Å². The van der Waals surface area contributed by atoms with Crippen LogP contribution >= 0.6 is 0 Å². The molecule has 21 heavy (non-hydrogen) atoms. The fourth-order valence-electron chi connectivity index (χ4n) is 2.42.